The first-order valence-corrected chi connectivity index (χ1v) is 10.7. The molecule has 9 heteroatoms. The number of benzene rings is 1. The molecule has 0 N–H and O–H groups in total. The molecule has 6 nitrogen and oxygen atoms in total. The van der Waals surface area contributed by atoms with Crippen LogP contribution in [0.1, 0.15) is 36.6 Å². The molecule has 1 fully saturated rings. The van der Waals surface area contributed by atoms with Gasteiger partial charge in [0.25, 0.3) is 0 Å². The summed E-state index contributed by atoms with van der Waals surface area (Å²) < 4.78 is 43.0. The SMILES string of the molecule is C=C1N2C=C(C=O)C=C(C(F)(F)F)C2=CN1c1cccc(C(c2nncn2C)C2CCC2)c1. The van der Waals surface area contributed by atoms with E-state index in [0.29, 0.717) is 23.7 Å². The highest BCUT2D eigenvalue weighted by Gasteiger charge is 2.43. The maximum atomic E-state index is 13.7. The molecule has 0 spiro atoms. The summed E-state index contributed by atoms with van der Waals surface area (Å²) in [5.41, 5.74) is 0.711. The molecule has 1 saturated carbocycles. The average Bonchev–Trinajstić information content (AvgIpc) is 3.32. The largest absolute Gasteiger partial charge is 0.418 e. The van der Waals surface area contributed by atoms with Crippen LogP contribution in [0, 0.1) is 5.92 Å². The lowest BCUT2D eigenvalue weighted by Gasteiger charge is -2.34. The van der Waals surface area contributed by atoms with E-state index in [9.17, 15) is 18.0 Å². The molecule has 1 aromatic heterocycles. The highest BCUT2D eigenvalue weighted by Crippen LogP contribution is 2.45. The Labute approximate surface area is 189 Å². The number of allylic oxidation sites excluding steroid dienone is 3. The predicted molar refractivity (Wildman–Crippen MR) is 116 cm³/mol. The van der Waals surface area contributed by atoms with Crippen molar-refractivity contribution >= 4 is 12.0 Å². The van der Waals surface area contributed by atoms with Crippen molar-refractivity contribution < 1.29 is 18.0 Å². The van der Waals surface area contributed by atoms with Crippen LogP contribution in [-0.4, -0.2) is 32.1 Å². The van der Waals surface area contributed by atoms with Gasteiger partial charge in [0.2, 0.25) is 0 Å². The topological polar surface area (TPSA) is 54.3 Å². The number of alkyl halides is 3. The van der Waals surface area contributed by atoms with Crippen LogP contribution in [0.3, 0.4) is 0 Å². The minimum absolute atomic E-state index is 0.0458. The number of hydrogen-bond donors (Lipinski definition) is 0. The van der Waals surface area contributed by atoms with Crippen LogP contribution < -0.4 is 4.90 Å². The number of aryl methyl sites for hydroxylation is 1. The number of aldehydes is 1. The van der Waals surface area contributed by atoms with Gasteiger partial charge < -0.3 is 14.4 Å². The Bertz CT molecular complexity index is 1220. The fourth-order valence-corrected chi connectivity index (χ4v) is 4.65. The van der Waals surface area contributed by atoms with Crippen LogP contribution in [0.15, 0.2) is 78.3 Å². The van der Waals surface area contributed by atoms with Crippen LogP contribution in [0.2, 0.25) is 0 Å². The van der Waals surface area contributed by atoms with Crippen molar-refractivity contribution in [1.82, 2.24) is 19.7 Å². The van der Waals surface area contributed by atoms with Crippen LogP contribution >= 0.6 is 0 Å². The molecule has 0 bridgehead atoms. The van der Waals surface area contributed by atoms with Gasteiger partial charge >= 0.3 is 6.18 Å². The number of fused-ring (bicyclic) bond motifs is 1. The molecule has 170 valence electrons. The molecule has 0 saturated heterocycles. The van der Waals surface area contributed by atoms with Crippen molar-refractivity contribution in [2.24, 2.45) is 13.0 Å². The van der Waals surface area contributed by atoms with Gasteiger partial charge in [-0.15, -0.1) is 10.2 Å². The minimum atomic E-state index is -4.61. The highest BCUT2D eigenvalue weighted by atomic mass is 19.4. The summed E-state index contributed by atoms with van der Waals surface area (Å²) in [5.74, 6) is 1.67. The minimum Gasteiger partial charge on any atom is -0.320 e. The first-order valence-electron chi connectivity index (χ1n) is 10.7. The lowest BCUT2D eigenvalue weighted by atomic mass is 9.72. The van der Waals surface area contributed by atoms with Crippen LogP contribution in [0.25, 0.3) is 0 Å². The fourth-order valence-electron chi connectivity index (χ4n) is 4.65. The maximum absolute atomic E-state index is 13.7. The molecule has 1 aromatic carbocycles. The predicted octanol–water partition coefficient (Wildman–Crippen LogP) is 4.77. The number of rotatable bonds is 5. The summed E-state index contributed by atoms with van der Waals surface area (Å²) in [6.07, 6.45) is 4.48. The van der Waals surface area contributed by atoms with Crippen LogP contribution in [0.4, 0.5) is 18.9 Å². The van der Waals surface area contributed by atoms with E-state index >= 15 is 0 Å². The normalized spacial score (nSPS) is 19.5. The van der Waals surface area contributed by atoms with Crippen molar-refractivity contribution in [3.05, 3.63) is 89.7 Å². The number of carbonyl (C=O) groups is 1. The van der Waals surface area contributed by atoms with Gasteiger partial charge in [0.15, 0.2) is 6.29 Å². The Balaban J connectivity index is 1.54. The van der Waals surface area contributed by atoms with Crippen molar-refractivity contribution in [3.8, 4) is 0 Å². The van der Waals surface area contributed by atoms with Crippen molar-refractivity contribution in [2.75, 3.05) is 4.90 Å². The summed E-state index contributed by atoms with van der Waals surface area (Å²) in [7, 11) is 1.91. The van der Waals surface area contributed by atoms with Crippen LogP contribution in [0.5, 0.6) is 0 Å². The summed E-state index contributed by atoms with van der Waals surface area (Å²) in [6, 6.07) is 7.72. The van der Waals surface area contributed by atoms with E-state index in [0.717, 1.165) is 30.3 Å². The molecule has 3 heterocycles. The third-order valence-corrected chi connectivity index (χ3v) is 6.53. The smallest absolute Gasteiger partial charge is 0.320 e. The Morgan fingerprint density at radius 3 is 2.61 bits per heavy atom. The van der Waals surface area contributed by atoms with E-state index in [4.69, 9.17) is 0 Å². The van der Waals surface area contributed by atoms with Crippen molar-refractivity contribution in [2.45, 2.75) is 31.4 Å². The highest BCUT2D eigenvalue weighted by molar-refractivity contribution is 5.80. The standard InChI is InChI=1S/C24H22F3N5O/c1-15-31(12-21-20(24(25,26)27)9-16(13-33)11-32(15)21)19-8-4-7-18(10-19)22(17-5-3-6-17)23-29-28-14-30(23)2/h4,7-14,17,22H,1,3,5-6H2,2H3. The number of anilines is 1. The maximum Gasteiger partial charge on any atom is 0.418 e. The number of halogens is 3. The van der Waals surface area contributed by atoms with E-state index in [2.05, 4.69) is 16.8 Å². The lowest BCUT2D eigenvalue weighted by molar-refractivity contribution is -0.104. The zero-order valence-electron chi connectivity index (χ0n) is 18.0. The van der Waals surface area contributed by atoms with Crippen molar-refractivity contribution in [3.63, 3.8) is 0 Å². The average molecular weight is 453 g/mol. The number of aromatic nitrogens is 3. The third kappa shape index (κ3) is 3.57. The van der Waals surface area contributed by atoms with E-state index in [1.54, 1.807) is 11.2 Å². The molecule has 33 heavy (non-hydrogen) atoms. The van der Waals surface area contributed by atoms with Gasteiger partial charge in [-0.2, -0.15) is 13.2 Å². The van der Waals surface area contributed by atoms with Gasteiger partial charge in [0.1, 0.15) is 18.0 Å². The molecule has 3 aliphatic rings. The Hall–Kier alpha value is -3.62. The van der Waals surface area contributed by atoms with Gasteiger partial charge in [0, 0.05) is 36.6 Å². The molecule has 1 atom stereocenters. The summed E-state index contributed by atoms with van der Waals surface area (Å²) in [5, 5.41) is 8.38. The molecule has 2 aromatic rings. The van der Waals surface area contributed by atoms with E-state index < -0.39 is 11.7 Å². The third-order valence-electron chi connectivity index (χ3n) is 6.53. The van der Waals surface area contributed by atoms with Crippen LogP contribution in [-0.2, 0) is 11.8 Å². The van der Waals surface area contributed by atoms with E-state index in [-0.39, 0.29) is 17.2 Å². The Morgan fingerprint density at radius 1 is 1.21 bits per heavy atom. The number of hydrogen-bond acceptors (Lipinski definition) is 5. The van der Waals surface area contributed by atoms with E-state index in [1.165, 1.54) is 23.7 Å². The molecule has 1 unspecified atom stereocenters. The fraction of sp³-hybridized carbons (Fsp3) is 0.292. The van der Waals surface area contributed by atoms with E-state index in [1.807, 2.05) is 35.9 Å². The van der Waals surface area contributed by atoms with Gasteiger partial charge in [-0.25, -0.2) is 0 Å². The quantitative estimate of drug-likeness (QED) is 0.611. The zero-order chi connectivity index (χ0) is 23.3. The first kappa shape index (κ1) is 21.2. The van der Waals surface area contributed by atoms with Crippen molar-refractivity contribution in [1.29, 1.82) is 0 Å². The second-order valence-corrected chi connectivity index (χ2v) is 8.54. The molecular weight excluding hydrogens is 431 g/mol. The summed E-state index contributed by atoms with van der Waals surface area (Å²) >= 11 is 0. The van der Waals surface area contributed by atoms with Gasteiger partial charge in [-0.05, 0) is 42.5 Å². The molecule has 2 aliphatic heterocycles. The first-order chi connectivity index (χ1) is 15.8. The number of nitrogens with zero attached hydrogens (tertiary/aromatic N) is 5. The molecule has 0 amide bonds. The lowest BCUT2D eigenvalue weighted by Crippen LogP contribution is -2.26. The Kier molecular flexibility index (Phi) is 4.99. The summed E-state index contributed by atoms with van der Waals surface area (Å²) in [4.78, 5) is 14.2. The van der Waals surface area contributed by atoms with Gasteiger partial charge in [0.05, 0.1) is 11.3 Å². The second-order valence-electron chi connectivity index (χ2n) is 8.54. The Morgan fingerprint density at radius 2 is 2.00 bits per heavy atom. The molecule has 5 rings (SSSR count). The number of carbonyl (C=O) groups excluding carboxylic acids is 1. The molecular formula is C24H22F3N5O. The zero-order valence-corrected chi connectivity index (χ0v) is 18.0. The van der Waals surface area contributed by atoms with Gasteiger partial charge in [-0.3, -0.25) is 4.79 Å². The summed E-state index contributed by atoms with van der Waals surface area (Å²) in [6.45, 7) is 4.00. The van der Waals surface area contributed by atoms with Gasteiger partial charge in [-0.1, -0.05) is 25.1 Å². The molecule has 0 radical (unpaired) electrons. The second kappa shape index (κ2) is 7.75. The molecule has 1 aliphatic carbocycles. The monoisotopic (exact) mass is 453 g/mol.